The van der Waals surface area contributed by atoms with Crippen LogP contribution in [0.1, 0.15) is 43.9 Å². The molecule has 0 saturated carbocycles. The van der Waals surface area contributed by atoms with Gasteiger partial charge in [0.05, 0.1) is 0 Å². The van der Waals surface area contributed by atoms with Crippen LogP contribution in [0.2, 0.25) is 0 Å². The molecule has 1 heterocycles. The highest BCUT2D eigenvalue weighted by atomic mass is 15.1. The molecule has 0 aromatic heterocycles. The number of benzene rings is 1. The molecular weight excluding hydrogens is 234 g/mol. The van der Waals surface area contributed by atoms with Gasteiger partial charge in [-0.25, -0.2) is 0 Å². The second-order valence-electron chi connectivity index (χ2n) is 5.54. The summed E-state index contributed by atoms with van der Waals surface area (Å²) in [6.45, 7) is 9.80. The number of rotatable bonds is 3. The molecule has 106 valence electrons. The van der Waals surface area contributed by atoms with Crippen molar-refractivity contribution in [3.8, 4) is 0 Å². The first-order valence-electron chi connectivity index (χ1n) is 7.44. The van der Waals surface area contributed by atoms with E-state index in [9.17, 15) is 0 Å². The molecule has 0 fully saturated rings. The molecule has 0 bridgehead atoms. The van der Waals surface area contributed by atoms with Crippen molar-refractivity contribution < 1.29 is 0 Å². The van der Waals surface area contributed by atoms with E-state index in [0.717, 1.165) is 26.1 Å². The van der Waals surface area contributed by atoms with Gasteiger partial charge in [-0.1, -0.05) is 0 Å². The van der Waals surface area contributed by atoms with Gasteiger partial charge in [-0.2, -0.15) is 0 Å². The molecule has 2 rings (SSSR count). The SMILES string of the molecule is CCN(CC)c1cc(C)c2c(c1)C(N)CCCN2C. The lowest BCUT2D eigenvalue weighted by molar-refractivity contribution is 0.633. The lowest BCUT2D eigenvalue weighted by atomic mass is 9.98. The Kier molecular flexibility index (Phi) is 4.35. The fraction of sp³-hybridized carbons (Fsp3) is 0.625. The molecule has 1 aliphatic rings. The molecule has 0 spiro atoms. The van der Waals surface area contributed by atoms with Gasteiger partial charge in [0, 0.05) is 44.1 Å². The van der Waals surface area contributed by atoms with Crippen molar-refractivity contribution in [2.45, 2.75) is 39.7 Å². The highest BCUT2D eigenvalue weighted by molar-refractivity contribution is 5.67. The molecule has 0 amide bonds. The Morgan fingerprint density at radius 1 is 1.32 bits per heavy atom. The first kappa shape index (κ1) is 14.2. The fourth-order valence-electron chi connectivity index (χ4n) is 3.18. The van der Waals surface area contributed by atoms with Gasteiger partial charge in [-0.05, 0) is 56.9 Å². The van der Waals surface area contributed by atoms with Crippen LogP contribution in [-0.4, -0.2) is 26.7 Å². The van der Waals surface area contributed by atoms with Crippen molar-refractivity contribution in [3.63, 3.8) is 0 Å². The lowest BCUT2D eigenvalue weighted by Gasteiger charge is -2.28. The highest BCUT2D eigenvalue weighted by Gasteiger charge is 2.21. The van der Waals surface area contributed by atoms with Crippen LogP contribution in [0.3, 0.4) is 0 Å². The summed E-state index contributed by atoms with van der Waals surface area (Å²) in [5.74, 6) is 0. The van der Waals surface area contributed by atoms with Crippen molar-refractivity contribution >= 4 is 11.4 Å². The summed E-state index contributed by atoms with van der Waals surface area (Å²) in [5.41, 5.74) is 11.7. The zero-order chi connectivity index (χ0) is 14.0. The Bertz CT molecular complexity index is 438. The highest BCUT2D eigenvalue weighted by Crippen LogP contribution is 2.36. The fourth-order valence-corrected chi connectivity index (χ4v) is 3.18. The number of aryl methyl sites for hydroxylation is 1. The molecule has 1 aromatic carbocycles. The van der Waals surface area contributed by atoms with E-state index in [2.05, 4.69) is 49.8 Å². The molecule has 0 radical (unpaired) electrons. The number of hydrogen-bond donors (Lipinski definition) is 1. The summed E-state index contributed by atoms with van der Waals surface area (Å²) in [5, 5.41) is 0. The molecule has 1 aliphatic heterocycles. The summed E-state index contributed by atoms with van der Waals surface area (Å²) in [4.78, 5) is 4.76. The Hall–Kier alpha value is -1.22. The second kappa shape index (κ2) is 5.83. The monoisotopic (exact) mass is 261 g/mol. The summed E-state index contributed by atoms with van der Waals surface area (Å²) in [7, 11) is 2.18. The third-order valence-corrected chi connectivity index (χ3v) is 4.23. The molecule has 1 aromatic rings. The normalized spacial score (nSPS) is 19.0. The number of nitrogens with zero attached hydrogens (tertiary/aromatic N) is 2. The second-order valence-corrected chi connectivity index (χ2v) is 5.54. The molecule has 2 N–H and O–H groups in total. The van der Waals surface area contributed by atoms with E-state index in [1.165, 1.54) is 28.9 Å². The van der Waals surface area contributed by atoms with Crippen LogP contribution >= 0.6 is 0 Å². The molecule has 0 aliphatic carbocycles. The quantitative estimate of drug-likeness (QED) is 0.907. The minimum atomic E-state index is 0.175. The molecule has 1 atom stereocenters. The van der Waals surface area contributed by atoms with E-state index in [4.69, 9.17) is 5.73 Å². The van der Waals surface area contributed by atoms with Gasteiger partial charge in [0.2, 0.25) is 0 Å². The summed E-state index contributed by atoms with van der Waals surface area (Å²) < 4.78 is 0. The van der Waals surface area contributed by atoms with Crippen molar-refractivity contribution in [3.05, 3.63) is 23.3 Å². The number of anilines is 2. The van der Waals surface area contributed by atoms with E-state index in [1.807, 2.05) is 0 Å². The topological polar surface area (TPSA) is 32.5 Å². The van der Waals surface area contributed by atoms with Crippen molar-refractivity contribution in [1.82, 2.24) is 0 Å². The molecule has 1 unspecified atom stereocenters. The van der Waals surface area contributed by atoms with Gasteiger partial charge >= 0.3 is 0 Å². The van der Waals surface area contributed by atoms with E-state index in [0.29, 0.717) is 0 Å². The van der Waals surface area contributed by atoms with Crippen molar-refractivity contribution in [2.24, 2.45) is 5.73 Å². The molecule has 19 heavy (non-hydrogen) atoms. The molecular formula is C16H27N3. The van der Waals surface area contributed by atoms with Gasteiger partial charge < -0.3 is 15.5 Å². The Labute approximate surface area is 117 Å². The van der Waals surface area contributed by atoms with Crippen molar-refractivity contribution in [1.29, 1.82) is 0 Å². The van der Waals surface area contributed by atoms with E-state index >= 15 is 0 Å². The van der Waals surface area contributed by atoms with Gasteiger partial charge in [-0.15, -0.1) is 0 Å². The first-order chi connectivity index (χ1) is 9.08. The average molecular weight is 261 g/mol. The van der Waals surface area contributed by atoms with Gasteiger partial charge in [0.15, 0.2) is 0 Å². The van der Waals surface area contributed by atoms with Gasteiger partial charge in [0.25, 0.3) is 0 Å². The van der Waals surface area contributed by atoms with Crippen LogP contribution in [-0.2, 0) is 0 Å². The van der Waals surface area contributed by atoms with Crippen LogP contribution in [0, 0.1) is 6.92 Å². The van der Waals surface area contributed by atoms with Crippen LogP contribution in [0.4, 0.5) is 11.4 Å². The smallest absolute Gasteiger partial charge is 0.0443 e. The Morgan fingerprint density at radius 2 is 2.00 bits per heavy atom. The van der Waals surface area contributed by atoms with Crippen LogP contribution in [0.25, 0.3) is 0 Å². The average Bonchev–Trinajstić information content (AvgIpc) is 2.52. The zero-order valence-corrected chi connectivity index (χ0v) is 12.7. The van der Waals surface area contributed by atoms with Crippen molar-refractivity contribution in [2.75, 3.05) is 36.5 Å². The van der Waals surface area contributed by atoms with Crippen LogP contribution in [0.15, 0.2) is 12.1 Å². The van der Waals surface area contributed by atoms with Crippen LogP contribution in [0.5, 0.6) is 0 Å². The summed E-state index contributed by atoms with van der Waals surface area (Å²) in [6.07, 6.45) is 2.25. The minimum Gasteiger partial charge on any atom is -0.374 e. The predicted molar refractivity (Wildman–Crippen MR) is 84.2 cm³/mol. The van der Waals surface area contributed by atoms with E-state index in [-0.39, 0.29) is 6.04 Å². The summed E-state index contributed by atoms with van der Waals surface area (Å²) >= 11 is 0. The maximum absolute atomic E-state index is 6.38. The summed E-state index contributed by atoms with van der Waals surface area (Å²) in [6, 6.07) is 4.79. The van der Waals surface area contributed by atoms with Crippen LogP contribution < -0.4 is 15.5 Å². The lowest BCUT2D eigenvalue weighted by Crippen LogP contribution is -2.24. The number of fused-ring (bicyclic) bond motifs is 1. The zero-order valence-electron chi connectivity index (χ0n) is 12.7. The minimum absolute atomic E-state index is 0.175. The third kappa shape index (κ3) is 2.71. The maximum atomic E-state index is 6.38. The molecule has 0 saturated heterocycles. The van der Waals surface area contributed by atoms with Gasteiger partial charge in [-0.3, -0.25) is 0 Å². The predicted octanol–water partition coefficient (Wildman–Crippen LogP) is 3.07. The van der Waals surface area contributed by atoms with E-state index < -0.39 is 0 Å². The Balaban J connectivity index is 2.51. The molecule has 3 heteroatoms. The number of hydrogen-bond acceptors (Lipinski definition) is 3. The standard InChI is InChI=1S/C16H27N3/c1-5-19(6-2)13-10-12(3)16-14(11-13)15(17)8-7-9-18(16)4/h10-11,15H,5-9,17H2,1-4H3. The first-order valence-corrected chi connectivity index (χ1v) is 7.44. The largest absolute Gasteiger partial charge is 0.374 e. The maximum Gasteiger partial charge on any atom is 0.0443 e. The Morgan fingerprint density at radius 3 is 2.63 bits per heavy atom. The molecule has 3 nitrogen and oxygen atoms in total. The number of nitrogens with two attached hydrogens (primary N) is 1. The van der Waals surface area contributed by atoms with Gasteiger partial charge in [0.1, 0.15) is 0 Å². The van der Waals surface area contributed by atoms with E-state index in [1.54, 1.807) is 0 Å². The third-order valence-electron chi connectivity index (χ3n) is 4.23.